The Morgan fingerprint density at radius 2 is 2.11 bits per heavy atom. The van der Waals surface area contributed by atoms with E-state index in [4.69, 9.17) is 0 Å². The molecule has 1 aromatic heterocycles. The van der Waals surface area contributed by atoms with Crippen LogP contribution < -0.4 is 0 Å². The molecule has 1 atom stereocenters. The maximum Gasteiger partial charge on any atom is 0.345 e. The summed E-state index contributed by atoms with van der Waals surface area (Å²) in [6.07, 6.45) is 2.24. The van der Waals surface area contributed by atoms with Gasteiger partial charge in [0.15, 0.2) is 5.82 Å². The average Bonchev–Trinajstić information content (AvgIpc) is 3.15. The Kier molecular flexibility index (Phi) is 1.89. The highest BCUT2D eigenvalue weighted by Crippen LogP contribution is 2.39. The van der Waals surface area contributed by atoms with E-state index in [1.807, 2.05) is 30.3 Å². The molecular formula is C13H10N2O3. The Morgan fingerprint density at radius 3 is 2.94 bits per heavy atom. The Bertz CT molecular complexity index is 664. The predicted octanol–water partition coefficient (Wildman–Crippen LogP) is 1.72. The molecule has 18 heavy (non-hydrogen) atoms. The molecule has 1 saturated heterocycles. The SMILES string of the molecule is OC1(C2C=Nc3nc4ccccc4cc3C2)OO1. The van der Waals surface area contributed by atoms with Crippen LogP contribution in [-0.4, -0.2) is 22.3 Å². The van der Waals surface area contributed by atoms with Crippen LogP contribution in [-0.2, 0) is 16.2 Å². The van der Waals surface area contributed by atoms with E-state index in [0.717, 1.165) is 16.5 Å². The molecule has 90 valence electrons. The van der Waals surface area contributed by atoms with E-state index in [1.54, 1.807) is 6.21 Å². The van der Waals surface area contributed by atoms with E-state index in [1.165, 1.54) is 0 Å². The lowest BCUT2D eigenvalue weighted by molar-refractivity contribution is -0.00208. The number of aliphatic hydroxyl groups is 1. The minimum atomic E-state index is -1.49. The van der Waals surface area contributed by atoms with Crippen LogP contribution in [0.25, 0.3) is 10.9 Å². The van der Waals surface area contributed by atoms with Crippen molar-refractivity contribution in [1.29, 1.82) is 0 Å². The smallest absolute Gasteiger partial charge is 0.339 e. The first-order chi connectivity index (χ1) is 8.74. The van der Waals surface area contributed by atoms with Crippen LogP contribution in [0.5, 0.6) is 0 Å². The third-order valence-corrected chi connectivity index (χ3v) is 3.32. The van der Waals surface area contributed by atoms with Gasteiger partial charge in [0, 0.05) is 11.6 Å². The van der Waals surface area contributed by atoms with Crippen molar-refractivity contribution in [2.24, 2.45) is 10.9 Å². The van der Waals surface area contributed by atoms with Crippen molar-refractivity contribution in [1.82, 2.24) is 4.98 Å². The number of benzene rings is 1. The first-order valence-electron chi connectivity index (χ1n) is 5.77. The van der Waals surface area contributed by atoms with Gasteiger partial charge in [-0.1, -0.05) is 18.2 Å². The van der Waals surface area contributed by atoms with Crippen molar-refractivity contribution in [2.45, 2.75) is 12.4 Å². The Labute approximate surface area is 103 Å². The number of rotatable bonds is 1. The molecule has 2 aliphatic rings. The summed E-state index contributed by atoms with van der Waals surface area (Å²) >= 11 is 0. The third-order valence-electron chi connectivity index (χ3n) is 3.32. The fourth-order valence-electron chi connectivity index (χ4n) is 2.25. The van der Waals surface area contributed by atoms with Crippen LogP contribution in [0.4, 0.5) is 5.82 Å². The maximum absolute atomic E-state index is 9.74. The average molecular weight is 242 g/mol. The summed E-state index contributed by atoms with van der Waals surface area (Å²) in [5.74, 6) is -1.07. The van der Waals surface area contributed by atoms with Crippen LogP contribution in [0, 0.1) is 5.92 Å². The van der Waals surface area contributed by atoms with Gasteiger partial charge in [0.1, 0.15) is 0 Å². The van der Waals surface area contributed by atoms with E-state index < -0.39 is 5.97 Å². The van der Waals surface area contributed by atoms with E-state index in [0.29, 0.717) is 12.2 Å². The van der Waals surface area contributed by atoms with Crippen molar-refractivity contribution in [3.8, 4) is 0 Å². The molecule has 0 amide bonds. The highest BCUT2D eigenvalue weighted by Gasteiger charge is 2.54. The second-order valence-electron chi connectivity index (χ2n) is 4.55. The molecule has 0 spiro atoms. The standard InChI is InChI=1S/C13H10N2O3/c16-13(17-18-13)10-6-9-5-8-3-1-2-4-11(8)15-12(9)14-7-10/h1-5,7,10,16H,6H2. The summed E-state index contributed by atoms with van der Waals surface area (Å²) in [4.78, 5) is 17.9. The highest BCUT2D eigenvalue weighted by atomic mass is 17.4. The molecule has 3 heterocycles. The quantitative estimate of drug-likeness (QED) is 0.610. The minimum absolute atomic E-state index is 0.284. The van der Waals surface area contributed by atoms with Crippen molar-refractivity contribution in [3.05, 3.63) is 35.9 Å². The lowest BCUT2D eigenvalue weighted by atomic mass is 9.96. The van der Waals surface area contributed by atoms with Gasteiger partial charge in [-0.2, -0.15) is 9.78 Å². The molecule has 1 N–H and O–H groups in total. The van der Waals surface area contributed by atoms with Crippen LogP contribution in [0.3, 0.4) is 0 Å². The summed E-state index contributed by atoms with van der Waals surface area (Å²) in [5, 5.41) is 10.8. The Morgan fingerprint density at radius 1 is 1.28 bits per heavy atom. The number of hydrogen-bond donors (Lipinski definition) is 1. The zero-order valence-electron chi connectivity index (χ0n) is 9.41. The monoisotopic (exact) mass is 242 g/mol. The van der Waals surface area contributed by atoms with Gasteiger partial charge in [-0.3, -0.25) is 0 Å². The lowest BCUT2D eigenvalue weighted by Gasteiger charge is -2.17. The van der Waals surface area contributed by atoms with Crippen LogP contribution in [0.15, 0.2) is 35.3 Å². The number of fused-ring (bicyclic) bond motifs is 2. The number of hydrogen-bond acceptors (Lipinski definition) is 5. The molecular weight excluding hydrogens is 232 g/mol. The molecule has 1 unspecified atom stereocenters. The molecule has 2 aliphatic heterocycles. The van der Waals surface area contributed by atoms with Crippen molar-refractivity contribution >= 4 is 22.9 Å². The van der Waals surface area contributed by atoms with Gasteiger partial charge in [0.25, 0.3) is 0 Å². The largest absolute Gasteiger partial charge is 0.345 e. The number of nitrogens with zero attached hydrogens (tertiary/aromatic N) is 2. The molecule has 0 aliphatic carbocycles. The van der Waals surface area contributed by atoms with E-state index in [9.17, 15) is 5.11 Å². The van der Waals surface area contributed by atoms with Crippen LogP contribution >= 0.6 is 0 Å². The summed E-state index contributed by atoms with van der Waals surface area (Å²) < 4.78 is 0. The predicted molar refractivity (Wildman–Crippen MR) is 64.2 cm³/mol. The van der Waals surface area contributed by atoms with Gasteiger partial charge >= 0.3 is 5.97 Å². The Balaban J connectivity index is 1.81. The molecule has 1 aromatic carbocycles. The summed E-state index contributed by atoms with van der Waals surface area (Å²) in [5.41, 5.74) is 1.92. The van der Waals surface area contributed by atoms with Crippen LogP contribution in [0.2, 0.25) is 0 Å². The molecule has 5 nitrogen and oxygen atoms in total. The summed E-state index contributed by atoms with van der Waals surface area (Å²) in [7, 11) is 0. The number of aliphatic imine (C=N–C) groups is 1. The fourth-order valence-corrected chi connectivity index (χ4v) is 2.25. The van der Waals surface area contributed by atoms with Gasteiger partial charge in [-0.05, 0) is 24.1 Å². The first kappa shape index (κ1) is 10.1. The molecule has 0 saturated carbocycles. The molecule has 1 fully saturated rings. The van der Waals surface area contributed by atoms with Crippen molar-refractivity contribution in [3.63, 3.8) is 0 Å². The number of para-hydroxylation sites is 1. The molecule has 5 heteroatoms. The van der Waals surface area contributed by atoms with E-state index in [2.05, 4.69) is 19.8 Å². The van der Waals surface area contributed by atoms with Crippen molar-refractivity contribution < 1.29 is 14.9 Å². The van der Waals surface area contributed by atoms with Crippen molar-refractivity contribution in [2.75, 3.05) is 0 Å². The zero-order chi connectivity index (χ0) is 12.2. The van der Waals surface area contributed by atoms with Gasteiger partial charge in [-0.25, -0.2) is 9.98 Å². The highest BCUT2D eigenvalue weighted by molar-refractivity contribution is 5.83. The number of pyridine rings is 1. The van der Waals surface area contributed by atoms with Gasteiger partial charge < -0.3 is 5.11 Å². The summed E-state index contributed by atoms with van der Waals surface area (Å²) in [6, 6.07) is 9.94. The first-order valence-corrected chi connectivity index (χ1v) is 5.77. The molecule has 2 aromatic rings. The lowest BCUT2D eigenvalue weighted by Crippen LogP contribution is -2.28. The normalized spacial score (nSPS) is 23.9. The molecule has 4 rings (SSSR count). The van der Waals surface area contributed by atoms with Crippen LogP contribution in [0.1, 0.15) is 5.56 Å². The fraction of sp³-hybridized carbons (Fsp3) is 0.231. The van der Waals surface area contributed by atoms with E-state index >= 15 is 0 Å². The van der Waals surface area contributed by atoms with E-state index in [-0.39, 0.29) is 5.92 Å². The maximum atomic E-state index is 9.74. The third kappa shape index (κ3) is 1.45. The minimum Gasteiger partial charge on any atom is -0.339 e. The van der Waals surface area contributed by atoms with Gasteiger partial charge in [0.2, 0.25) is 0 Å². The Hall–Kier alpha value is -1.82. The second kappa shape index (κ2) is 3.35. The van der Waals surface area contributed by atoms with Gasteiger partial charge in [-0.15, -0.1) is 0 Å². The zero-order valence-corrected chi connectivity index (χ0v) is 9.41. The molecule has 0 bridgehead atoms. The number of aromatic nitrogens is 1. The van der Waals surface area contributed by atoms with Gasteiger partial charge in [0.05, 0.1) is 11.4 Å². The molecule has 0 radical (unpaired) electrons. The second-order valence-corrected chi connectivity index (χ2v) is 4.55. The summed E-state index contributed by atoms with van der Waals surface area (Å²) in [6.45, 7) is 0. The topological polar surface area (TPSA) is 70.5 Å².